The molecule has 1 aliphatic heterocycles. The van der Waals surface area contributed by atoms with Crippen LogP contribution in [0.2, 0.25) is 0 Å². The Labute approximate surface area is 61.6 Å². The lowest BCUT2D eigenvalue weighted by Crippen LogP contribution is -2.57. The summed E-state index contributed by atoms with van der Waals surface area (Å²) in [6, 6.07) is 0.426. The topological polar surface area (TPSA) is 32.3 Å². The van der Waals surface area contributed by atoms with E-state index in [0.29, 0.717) is 6.04 Å². The summed E-state index contributed by atoms with van der Waals surface area (Å²) in [5, 5.41) is 13.2. The van der Waals surface area contributed by atoms with Gasteiger partial charge in [0.25, 0.3) is 0 Å². The number of hydrogen-bond acceptors (Lipinski definition) is 2. The van der Waals surface area contributed by atoms with Crippen LogP contribution in [0.15, 0.2) is 0 Å². The second kappa shape index (κ2) is 2.21. The Balaban J connectivity index is 1.98. The van der Waals surface area contributed by atoms with E-state index in [9.17, 15) is 5.11 Å². The lowest BCUT2D eigenvalue weighted by atomic mass is 9.86. The van der Waals surface area contributed by atoms with Gasteiger partial charge in [0.05, 0.1) is 5.60 Å². The van der Waals surface area contributed by atoms with Gasteiger partial charge >= 0.3 is 0 Å². The quantitative estimate of drug-likeness (QED) is 0.562. The molecule has 2 heteroatoms. The minimum absolute atomic E-state index is 0.321. The summed E-state index contributed by atoms with van der Waals surface area (Å²) in [5.74, 6) is 0. The zero-order chi connectivity index (χ0) is 7.03. The van der Waals surface area contributed by atoms with Crippen molar-refractivity contribution in [3.63, 3.8) is 0 Å². The first-order valence-corrected chi connectivity index (χ1v) is 4.27. The smallest absolute Gasteiger partial charge is 0.0800 e. The van der Waals surface area contributed by atoms with Crippen molar-refractivity contribution in [3.05, 3.63) is 0 Å². The van der Waals surface area contributed by atoms with Crippen molar-refractivity contribution < 1.29 is 5.11 Å². The third-order valence-corrected chi connectivity index (χ3v) is 2.94. The van der Waals surface area contributed by atoms with Crippen molar-refractivity contribution in [2.24, 2.45) is 0 Å². The fourth-order valence-corrected chi connectivity index (χ4v) is 2.08. The first-order valence-electron chi connectivity index (χ1n) is 4.27. The average molecular weight is 141 g/mol. The molecule has 2 aliphatic rings. The van der Waals surface area contributed by atoms with Crippen molar-refractivity contribution in [3.8, 4) is 0 Å². The van der Waals surface area contributed by atoms with Crippen LogP contribution >= 0.6 is 0 Å². The monoisotopic (exact) mass is 141 g/mol. The van der Waals surface area contributed by atoms with Gasteiger partial charge < -0.3 is 10.4 Å². The van der Waals surface area contributed by atoms with E-state index < -0.39 is 0 Å². The predicted molar refractivity (Wildman–Crippen MR) is 39.8 cm³/mol. The summed E-state index contributed by atoms with van der Waals surface area (Å²) in [7, 11) is 0. The molecule has 2 nitrogen and oxygen atoms in total. The van der Waals surface area contributed by atoms with Gasteiger partial charge in [0, 0.05) is 6.04 Å². The van der Waals surface area contributed by atoms with E-state index in [0.717, 1.165) is 19.4 Å². The van der Waals surface area contributed by atoms with Crippen LogP contribution in [0.5, 0.6) is 0 Å². The molecule has 0 aromatic heterocycles. The van der Waals surface area contributed by atoms with Gasteiger partial charge in [0.15, 0.2) is 0 Å². The largest absolute Gasteiger partial charge is 0.388 e. The first-order chi connectivity index (χ1) is 4.81. The Kier molecular flexibility index (Phi) is 1.46. The molecule has 58 valence electrons. The van der Waals surface area contributed by atoms with Crippen LogP contribution in [0.4, 0.5) is 0 Å². The Morgan fingerprint density at radius 2 is 1.90 bits per heavy atom. The highest BCUT2D eigenvalue weighted by Crippen LogP contribution is 2.35. The van der Waals surface area contributed by atoms with Crippen LogP contribution in [0.1, 0.15) is 32.1 Å². The molecular weight excluding hydrogens is 126 g/mol. The Hall–Kier alpha value is -0.0800. The third-order valence-electron chi connectivity index (χ3n) is 2.94. The van der Waals surface area contributed by atoms with Crippen LogP contribution in [0.3, 0.4) is 0 Å². The van der Waals surface area contributed by atoms with Crippen molar-refractivity contribution in [1.82, 2.24) is 5.32 Å². The predicted octanol–water partition coefficient (Wildman–Crippen LogP) is 0.653. The maximum Gasteiger partial charge on any atom is 0.0800 e. The summed E-state index contributed by atoms with van der Waals surface area (Å²) in [6.45, 7) is 1.10. The molecule has 0 aromatic carbocycles. The highest BCUT2D eigenvalue weighted by molar-refractivity contribution is 4.99. The third kappa shape index (κ3) is 0.867. The molecule has 2 fully saturated rings. The Morgan fingerprint density at radius 3 is 2.30 bits per heavy atom. The lowest BCUT2D eigenvalue weighted by molar-refractivity contribution is -0.0147. The van der Waals surface area contributed by atoms with Crippen LogP contribution in [0, 0.1) is 0 Å². The zero-order valence-corrected chi connectivity index (χ0v) is 6.27. The van der Waals surface area contributed by atoms with E-state index in [4.69, 9.17) is 0 Å². The molecule has 0 radical (unpaired) electrons. The summed E-state index contributed by atoms with van der Waals surface area (Å²) in [4.78, 5) is 0. The molecule has 0 amide bonds. The first kappa shape index (κ1) is 6.62. The van der Waals surface area contributed by atoms with Gasteiger partial charge in [-0.3, -0.25) is 0 Å². The number of rotatable bonds is 1. The van der Waals surface area contributed by atoms with Crippen LogP contribution in [-0.4, -0.2) is 23.3 Å². The van der Waals surface area contributed by atoms with Gasteiger partial charge in [-0.1, -0.05) is 12.8 Å². The fraction of sp³-hybridized carbons (Fsp3) is 1.00. The van der Waals surface area contributed by atoms with Crippen molar-refractivity contribution in [2.45, 2.75) is 43.7 Å². The maximum atomic E-state index is 9.95. The van der Waals surface area contributed by atoms with Crippen molar-refractivity contribution in [2.75, 3.05) is 6.54 Å². The van der Waals surface area contributed by atoms with E-state index in [-0.39, 0.29) is 5.60 Å². The molecule has 0 spiro atoms. The van der Waals surface area contributed by atoms with Gasteiger partial charge in [0.1, 0.15) is 0 Å². The fourth-order valence-electron chi connectivity index (χ4n) is 2.08. The second-order valence-corrected chi connectivity index (χ2v) is 3.61. The number of hydrogen-bond donors (Lipinski definition) is 2. The molecule has 0 bridgehead atoms. The Bertz CT molecular complexity index is 125. The summed E-state index contributed by atoms with van der Waals surface area (Å²) < 4.78 is 0. The molecule has 1 unspecified atom stereocenters. The minimum Gasteiger partial charge on any atom is -0.388 e. The van der Waals surface area contributed by atoms with E-state index >= 15 is 0 Å². The Morgan fingerprint density at radius 1 is 1.30 bits per heavy atom. The molecule has 10 heavy (non-hydrogen) atoms. The van der Waals surface area contributed by atoms with E-state index in [2.05, 4.69) is 5.32 Å². The van der Waals surface area contributed by atoms with Gasteiger partial charge in [-0.05, 0) is 25.8 Å². The van der Waals surface area contributed by atoms with Gasteiger partial charge in [-0.15, -0.1) is 0 Å². The summed E-state index contributed by atoms with van der Waals surface area (Å²) in [5.41, 5.74) is -0.321. The molecular formula is C8H15NO. The molecule has 1 atom stereocenters. The van der Waals surface area contributed by atoms with Gasteiger partial charge in [-0.2, -0.15) is 0 Å². The standard InChI is InChI=1S/C8H15NO/c10-8(4-1-2-5-8)7-3-6-9-7/h7,9-10H,1-6H2. The highest BCUT2D eigenvalue weighted by Gasteiger charge is 2.41. The van der Waals surface area contributed by atoms with Crippen LogP contribution < -0.4 is 5.32 Å². The van der Waals surface area contributed by atoms with E-state index in [1.807, 2.05) is 0 Å². The average Bonchev–Trinajstić information content (AvgIpc) is 2.09. The number of nitrogens with one attached hydrogen (secondary N) is 1. The van der Waals surface area contributed by atoms with Gasteiger partial charge in [0.2, 0.25) is 0 Å². The van der Waals surface area contributed by atoms with Crippen LogP contribution in [0.25, 0.3) is 0 Å². The molecule has 0 aromatic rings. The molecule has 2 rings (SSSR count). The zero-order valence-electron chi connectivity index (χ0n) is 6.27. The lowest BCUT2D eigenvalue weighted by Gasteiger charge is -2.39. The second-order valence-electron chi connectivity index (χ2n) is 3.61. The summed E-state index contributed by atoms with van der Waals surface area (Å²) >= 11 is 0. The molecule has 1 aliphatic carbocycles. The molecule has 1 saturated carbocycles. The van der Waals surface area contributed by atoms with Crippen LogP contribution in [-0.2, 0) is 0 Å². The van der Waals surface area contributed by atoms with Gasteiger partial charge in [-0.25, -0.2) is 0 Å². The van der Waals surface area contributed by atoms with Crippen molar-refractivity contribution >= 4 is 0 Å². The minimum atomic E-state index is -0.321. The molecule has 2 N–H and O–H groups in total. The molecule has 1 heterocycles. The van der Waals surface area contributed by atoms with E-state index in [1.165, 1.54) is 19.3 Å². The van der Waals surface area contributed by atoms with Crippen molar-refractivity contribution in [1.29, 1.82) is 0 Å². The van der Waals surface area contributed by atoms with E-state index in [1.54, 1.807) is 0 Å². The summed E-state index contributed by atoms with van der Waals surface area (Å²) in [6.07, 6.45) is 5.65. The molecule has 1 saturated heterocycles. The SMILES string of the molecule is OC1(C2CCN2)CCCC1. The highest BCUT2D eigenvalue weighted by atomic mass is 16.3. The maximum absolute atomic E-state index is 9.95. The normalized spacial score (nSPS) is 37.5. The number of aliphatic hydroxyl groups is 1.